The van der Waals surface area contributed by atoms with Crippen molar-refractivity contribution in [2.75, 3.05) is 18.5 Å². The van der Waals surface area contributed by atoms with E-state index in [4.69, 9.17) is 6.42 Å². The van der Waals surface area contributed by atoms with Crippen LogP contribution in [0.3, 0.4) is 0 Å². The highest BCUT2D eigenvalue weighted by molar-refractivity contribution is 5.37. The lowest BCUT2D eigenvalue weighted by molar-refractivity contribution is 1.01. The maximum absolute atomic E-state index is 5.15. The Labute approximate surface area is 66.9 Å². The zero-order valence-electron chi connectivity index (χ0n) is 6.49. The molecule has 0 saturated heterocycles. The largest absolute Gasteiger partial charge is 0.349 e. The fourth-order valence-corrected chi connectivity index (χ4v) is 0.797. The standard InChI is InChI=1S/C9H10N2/c1-3-8-11(2)9-6-4-5-7-10-9/h1,4-7H,8H2,2H3. The highest BCUT2D eigenvalue weighted by atomic mass is 15.1. The van der Waals surface area contributed by atoms with E-state index in [1.54, 1.807) is 6.20 Å². The minimum atomic E-state index is 0.594. The minimum absolute atomic E-state index is 0.594. The van der Waals surface area contributed by atoms with E-state index in [0.717, 1.165) is 5.82 Å². The van der Waals surface area contributed by atoms with Gasteiger partial charge in [0.15, 0.2) is 0 Å². The number of hydrogen-bond acceptors (Lipinski definition) is 2. The third kappa shape index (κ3) is 1.98. The zero-order valence-corrected chi connectivity index (χ0v) is 6.49. The Kier molecular flexibility index (Phi) is 2.51. The van der Waals surface area contributed by atoms with Gasteiger partial charge in [0.25, 0.3) is 0 Å². The molecule has 0 N–H and O–H groups in total. The molecule has 0 saturated carbocycles. The van der Waals surface area contributed by atoms with Crippen molar-refractivity contribution in [3.8, 4) is 12.3 Å². The van der Waals surface area contributed by atoms with E-state index >= 15 is 0 Å². The van der Waals surface area contributed by atoms with Gasteiger partial charge in [0.1, 0.15) is 5.82 Å². The molecule has 1 aromatic heterocycles. The van der Waals surface area contributed by atoms with Gasteiger partial charge in [-0.15, -0.1) is 6.42 Å². The Hall–Kier alpha value is -1.49. The fraction of sp³-hybridized carbons (Fsp3) is 0.222. The Balaban J connectivity index is 2.70. The molecule has 0 aliphatic heterocycles. The average molecular weight is 146 g/mol. The number of terminal acetylenes is 1. The Bertz CT molecular complexity index is 248. The van der Waals surface area contributed by atoms with Crippen molar-refractivity contribution in [3.63, 3.8) is 0 Å². The van der Waals surface area contributed by atoms with Crippen molar-refractivity contribution < 1.29 is 0 Å². The maximum atomic E-state index is 5.15. The van der Waals surface area contributed by atoms with Crippen LogP contribution >= 0.6 is 0 Å². The predicted octanol–water partition coefficient (Wildman–Crippen LogP) is 1.15. The van der Waals surface area contributed by atoms with Gasteiger partial charge in [-0.3, -0.25) is 0 Å². The van der Waals surface area contributed by atoms with Crippen LogP contribution in [0.25, 0.3) is 0 Å². The number of rotatable bonds is 2. The number of pyridine rings is 1. The molecule has 0 radical (unpaired) electrons. The molecule has 0 amide bonds. The second-order valence-corrected chi connectivity index (χ2v) is 2.25. The third-order valence-electron chi connectivity index (χ3n) is 1.37. The summed E-state index contributed by atoms with van der Waals surface area (Å²) in [5, 5.41) is 0. The number of anilines is 1. The second kappa shape index (κ2) is 3.62. The fourth-order valence-electron chi connectivity index (χ4n) is 0.797. The molecule has 0 bridgehead atoms. The Morgan fingerprint density at radius 1 is 1.64 bits per heavy atom. The second-order valence-electron chi connectivity index (χ2n) is 2.25. The van der Waals surface area contributed by atoms with Crippen molar-refractivity contribution in [2.45, 2.75) is 0 Å². The van der Waals surface area contributed by atoms with Crippen LogP contribution in [0.5, 0.6) is 0 Å². The first-order valence-electron chi connectivity index (χ1n) is 3.40. The van der Waals surface area contributed by atoms with Crippen molar-refractivity contribution >= 4 is 5.82 Å². The first-order chi connectivity index (χ1) is 5.34. The van der Waals surface area contributed by atoms with Crippen LogP contribution in [-0.2, 0) is 0 Å². The topological polar surface area (TPSA) is 16.1 Å². The SMILES string of the molecule is C#CCN(C)c1ccccn1. The van der Waals surface area contributed by atoms with E-state index in [0.29, 0.717) is 6.54 Å². The zero-order chi connectivity index (χ0) is 8.10. The van der Waals surface area contributed by atoms with E-state index in [9.17, 15) is 0 Å². The molecule has 0 unspecified atom stereocenters. The van der Waals surface area contributed by atoms with Crippen LogP contribution in [0.4, 0.5) is 5.82 Å². The van der Waals surface area contributed by atoms with Crippen molar-refractivity contribution in [1.82, 2.24) is 4.98 Å². The van der Waals surface area contributed by atoms with Gasteiger partial charge in [0.2, 0.25) is 0 Å². The number of nitrogens with zero attached hydrogens (tertiary/aromatic N) is 2. The van der Waals surface area contributed by atoms with Crippen LogP contribution in [-0.4, -0.2) is 18.6 Å². The summed E-state index contributed by atoms with van der Waals surface area (Å²) in [6.07, 6.45) is 6.90. The van der Waals surface area contributed by atoms with Crippen LogP contribution in [0.1, 0.15) is 0 Å². The summed E-state index contributed by atoms with van der Waals surface area (Å²) in [6, 6.07) is 5.75. The van der Waals surface area contributed by atoms with Crippen molar-refractivity contribution in [3.05, 3.63) is 24.4 Å². The molecule has 1 heterocycles. The summed E-state index contributed by atoms with van der Waals surface area (Å²) < 4.78 is 0. The lowest BCUT2D eigenvalue weighted by atomic mass is 10.4. The summed E-state index contributed by atoms with van der Waals surface area (Å²) in [5.41, 5.74) is 0. The molecule has 0 spiro atoms. The molecule has 56 valence electrons. The van der Waals surface area contributed by atoms with Crippen LogP contribution in [0, 0.1) is 12.3 Å². The van der Waals surface area contributed by atoms with Crippen molar-refractivity contribution in [1.29, 1.82) is 0 Å². The molecule has 1 rings (SSSR count). The third-order valence-corrected chi connectivity index (χ3v) is 1.37. The Morgan fingerprint density at radius 2 is 2.45 bits per heavy atom. The lowest BCUT2D eigenvalue weighted by Crippen LogP contribution is -2.17. The molecule has 1 aromatic rings. The summed E-state index contributed by atoms with van der Waals surface area (Å²) in [4.78, 5) is 6.04. The molecule has 0 aromatic carbocycles. The van der Waals surface area contributed by atoms with E-state index in [1.807, 2.05) is 30.1 Å². The molecule has 0 aliphatic carbocycles. The van der Waals surface area contributed by atoms with E-state index in [-0.39, 0.29) is 0 Å². The van der Waals surface area contributed by atoms with E-state index in [1.165, 1.54) is 0 Å². The molecule has 2 nitrogen and oxygen atoms in total. The molecule has 2 heteroatoms. The normalized spacial score (nSPS) is 8.73. The number of hydrogen-bond donors (Lipinski definition) is 0. The van der Waals surface area contributed by atoms with E-state index in [2.05, 4.69) is 10.9 Å². The maximum Gasteiger partial charge on any atom is 0.128 e. The molecule has 0 fully saturated rings. The predicted molar refractivity (Wildman–Crippen MR) is 46.3 cm³/mol. The highest BCUT2D eigenvalue weighted by Crippen LogP contribution is 2.04. The quantitative estimate of drug-likeness (QED) is 0.582. The molecule has 11 heavy (non-hydrogen) atoms. The van der Waals surface area contributed by atoms with Crippen LogP contribution in [0.2, 0.25) is 0 Å². The first-order valence-corrected chi connectivity index (χ1v) is 3.40. The minimum Gasteiger partial charge on any atom is -0.349 e. The summed E-state index contributed by atoms with van der Waals surface area (Å²) in [7, 11) is 1.92. The van der Waals surface area contributed by atoms with Gasteiger partial charge >= 0.3 is 0 Å². The Morgan fingerprint density at radius 3 is 3.00 bits per heavy atom. The van der Waals surface area contributed by atoms with Gasteiger partial charge in [-0.25, -0.2) is 4.98 Å². The summed E-state index contributed by atoms with van der Waals surface area (Å²) in [5.74, 6) is 3.46. The molecule has 0 aliphatic rings. The van der Waals surface area contributed by atoms with Gasteiger partial charge in [-0.05, 0) is 12.1 Å². The highest BCUT2D eigenvalue weighted by Gasteiger charge is 1.96. The monoisotopic (exact) mass is 146 g/mol. The smallest absolute Gasteiger partial charge is 0.128 e. The summed E-state index contributed by atoms with van der Waals surface area (Å²) >= 11 is 0. The van der Waals surface area contributed by atoms with Crippen LogP contribution < -0.4 is 4.90 Å². The van der Waals surface area contributed by atoms with Gasteiger partial charge in [-0.1, -0.05) is 12.0 Å². The van der Waals surface area contributed by atoms with Gasteiger partial charge < -0.3 is 4.90 Å². The van der Waals surface area contributed by atoms with Gasteiger partial charge in [0.05, 0.1) is 6.54 Å². The number of aromatic nitrogens is 1. The average Bonchev–Trinajstić information content (AvgIpc) is 2.07. The van der Waals surface area contributed by atoms with Crippen LogP contribution in [0.15, 0.2) is 24.4 Å². The summed E-state index contributed by atoms with van der Waals surface area (Å²) in [6.45, 7) is 0.594. The lowest BCUT2D eigenvalue weighted by Gasteiger charge is -2.13. The van der Waals surface area contributed by atoms with Crippen molar-refractivity contribution in [2.24, 2.45) is 0 Å². The van der Waals surface area contributed by atoms with Gasteiger partial charge in [0, 0.05) is 13.2 Å². The molecule has 0 atom stereocenters. The van der Waals surface area contributed by atoms with Gasteiger partial charge in [-0.2, -0.15) is 0 Å². The molecular weight excluding hydrogens is 136 g/mol. The molecular formula is C9H10N2. The van der Waals surface area contributed by atoms with E-state index < -0.39 is 0 Å². The first kappa shape index (κ1) is 7.62.